The summed E-state index contributed by atoms with van der Waals surface area (Å²) in [5.41, 5.74) is 1.50. The lowest BCUT2D eigenvalue weighted by molar-refractivity contribution is -0.116. The van der Waals surface area contributed by atoms with Crippen LogP contribution in [0.25, 0.3) is 0 Å². The molecule has 0 bridgehead atoms. The summed E-state index contributed by atoms with van der Waals surface area (Å²) in [6, 6.07) is 4.58. The minimum absolute atomic E-state index is 0.0611. The van der Waals surface area contributed by atoms with E-state index in [4.69, 9.17) is 0 Å². The number of ether oxygens (including phenoxy) is 1. The summed E-state index contributed by atoms with van der Waals surface area (Å²) in [6.07, 6.45) is 1.07. The van der Waals surface area contributed by atoms with Crippen molar-refractivity contribution in [1.82, 2.24) is 0 Å². The molecule has 2 rings (SSSR count). The number of rotatable bonds is 2. The Hall–Kier alpha value is -1.65. The van der Waals surface area contributed by atoms with Crippen LogP contribution in [0, 0.1) is 0 Å². The molecule has 1 aromatic rings. The second-order valence-corrected chi connectivity index (χ2v) is 3.25. The molecule has 0 unspecified atom stereocenters. The van der Waals surface area contributed by atoms with E-state index in [0.29, 0.717) is 18.5 Å². The Kier molecular flexibility index (Phi) is 2.53. The second kappa shape index (κ2) is 3.84. The molecule has 5 heteroatoms. The molecule has 3 nitrogen and oxygen atoms in total. The maximum Gasteiger partial charge on any atom is 0.387 e. The first-order valence-corrected chi connectivity index (χ1v) is 4.53. The van der Waals surface area contributed by atoms with E-state index in [-0.39, 0.29) is 11.7 Å². The van der Waals surface area contributed by atoms with Crippen LogP contribution in [0.15, 0.2) is 18.2 Å². The molecule has 0 saturated carbocycles. The van der Waals surface area contributed by atoms with Crippen LogP contribution >= 0.6 is 0 Å². The van der Waals surface area contributed by atoms with Crippen LogP contribution < -0.4 is 10.1 Å². The van der Waals surface area contributed by atoms with Gasteiger partial charge in [-0.2, -0.15) is 8.78 Å². The highest BCUT2D eigenvalue weighted by atomic mass is 19.3. The third kappa shape index (κ3) is 2.23. The fourth-order valence-electron chi connectivity index (χ4n) is 1.53. The molecule has 1 heterocycles. The summed E-state index contributed by atoms with van der Waals surface area (Å²) in [7, 11) is 0. The van der Waals surface area contributed by atoms with Crippen molar-refractivity contribution >= 4 is 11.6 Å². The molecule has 0 aliphatic carbocycles. The van der Waals surface area contributed by atoms with Crippen molar-refractivity contribution in [3.05, 3.63) is 23.8 Å². The van der Waals surface area contributed by atoms with Gasteiger partial charge in [0, 0.05) is 18.2 Å². The van der Waals surface area contributed by atoms with Gasteiger partial charge in [0.2, 0.25) is 5.91 Å². The van der Waals surface area contributed by atoms with E-state index in [0.717, 1.165) is 5.56 Å². The van der Waals surface area contributed by atoms with Crippen molar-refractivity contribution < 1.29 is 18.3 Å². The molecular weight excluding hydrogens is 204 g/mol. The number of aryl methyl sites for hydroxylation is 1. The monoisotopic (exact) mass is 213 g/mol. The third-order valence-electron chi connectivity index (χ3n) is 2.20. The largest absolute Gasteiger partial charge is 0.435 e. The number of nitrogens with one attached hydrogen (secondary N) is 1. The number of anilines is 1. The predicted octanol–water partition coefficient (Wildman–Crippen LogP) is 2.17. The minimum atomic E-state index is -2.85. The van der Waals surface area contributed by atoms with Crippen LogP contribution in [0.5, 0.6) is 5.75 Å². The Bertz CT molecular complexity index is 393. The van der Waals surface area contributed by atoms with Crippen LogP contribution in [-0.4, -0.2) is 12.5 Å². The SMILES string of the molecule is O=C1CCc2ccc(OC(F)F)cc2N1. The zero-order valence-electron chi connectivity index (χ0n) is 7.80. The number of fused-ring (bicyclic) bond motifs is 1. The summed E-state index contributed by atoms with van der Waals surface area (Å²) in [5, 5.41) is 2.61. The number of halogens is 2. The molecule has 0 spiro atoms. The first kappa shape index (κ1) is 9.89. The molecule has 1 amide bonds. The first-order valence-electron chi connectivity index (χ1n) is 4.53. The van der Waals surface area contributed by atoms with Crippen LogP contribution in [0.3, 0.4) is 0 Å². The minimum Gasteiger partial charge on any atom is -0.435 e. The smallest absolute Gasteiger partial charge is 0.387 e. The Morgan fingerprint density at radius 2 is 2.13 bits per heavy atom. The lowest BCUT2D eigenvalue weighted by atomic mass is 10.0. The average molecular weight is 213 g/mol. The number of benzene rings is 1. The van der Waals surface area contributed by atoms with Gasteiger partial charge in [0.15, 0.2) is 0 Å². The molecule has 0 atom stereocenters. The van der Waals surface area contributed by atoms with E-state index in [1.165, 1.54) is 12.1 Å². The van der Waals surface area contributed by atoms with Gasteiger partial charge in [-0.1, -0.05) is 6.07 Å². The topological polar surface area (TPSA) is 38.3 Å². The Balaban J connectivity index is 2.24. The molecule has 1 aromatic carbocycles. The van der Waals surface area contributed by atoms with Gasteiger partial charge in [0.1, 0.15) is 5.75 Å². The van der Waals surface area contributed by atoms with Gasteiger partial charge in [0.25, 0.3) is 0 Å². The standard InChI is InChI=1S/C10H9F2NO2/c11-10(12)15-7-3-1-6-2-4-9(14)13-8(6)5-7/h1,3,5,10H,2,4H2,(H,13,14). The summed E-state index contributed by atoms with van der Waals surface area (Å²) in [5.74, 6) is -0.0392. The van der Waals surface area contributed by atoms with Crippen LogP contribution in [0.1, 0.15) is 12.0 Å². The van der Waals surface area contributed by atoms with Crippen LogP contribution in [0.4, 0.5) is 14.5 Å². The number of hydrogen-bond donors (Lipinski definition) is 1. The lowest BCUT2D eigenvalue weighted by Gasteiger charge is -2.17. The van der Waals surface area contributed by atoms with Crippen molar-refractivity contribution in [3.8, 4) is 5.75 Å². The Morgan fingerprint density at radius 3 is 2.87 bits per heavy atom. The Labute approximate surface area is 85.0 Å². The van der Waals surface area contributed by atoms with Crippen LogP contribution in [-0.2, 0) is 11.2 Å². The lowest BCUT2D eigenvalue weighted by Crippen LogP contribution is -2.19. The van der Waals surface area contributed by atoms with Gasteiger partial charge in [-0.15, -0.1) is 0 Å². The number of carbonyl (C=O) groups excluding carboxylic acids is 1. The van der Waals surface area contributed by atoms with Gasteiger partial charge in [-0.05, 0) is 18.1 Å². The van der Waals surface area contributed by atoms with Crippen molar-refractivity contribution in [2.45, 2.75) is 19.5 Å². The average Bonchev–Trinajstić information content (AvgIpc) is 2.16. The molecular formula is C10H9F2NO2. The van der Waals surface area contributed by atoms with E-state index in [1.54, 1.807) is 6.07 Å². The van der Waals surface area contributed by atoms with E-state index in [9.17, 15) is 13.6 Å². The summed E-state index contributed by atoms with van der Waals surface area (Å²) in [6.45, 7) is -2.85. The number of carbonyl (C=O) groups is 1. The molecule has 1 N–H and O–H groups in total. The highest BCUT2D eigenvalue weighted by Crippen LogP contribution is 2.27. The third-order valence-corrected chi connectivity index (χ3v) is 2.20. The normalized spacial score (nSPS) is 14.7. The van der Waals surface area contributed by atoms with E-state index in [1.807, 2.05) is 0 Å². The van der Waals surface area contributed by atoms with Crippen molar-refractivity contribution in [2.75, 3.05) is 5.32 Å². The fourth-order valence-corrected chi connectivity index (χ4v) is 1.53. The van der Waals surface area contributed by atoms with Crippen molar-refractivity contribution in [3.63, 3.8) is 0 Å². The molecule has 0 radical (unpaired) electrons. The predicted molar refractivity (Wildman–Crippen MR) is 50.0 cm³/mol. The van der Waals surface area contributed by atoms with Gasteiger partial charge >= 0.3 is 6.61 Å². The van der Waals surface area contributed by atoms with E-state index in [2.05, 4.69) is 10.1 Å². The van der Waals surface area contributed by atoms with Gasteiger partial charge in [-0.3, -0.25) is 4.79 Å². The summed E-state index contributed by atoms with van der Waals surface area (Å²) in [4.78, 5) is 11.1. The molecule has 0 aromatic heterocycles. The summed E-state index contributed by atoms with van der Waals surface area (Å²) < 4.78 is 28.1. The molecule has 0 fully saturated rings. The molecule has 1 aliphatic heterocycles. The van der Waals surface area contributed by atoms with Gasteiger partial charge in [0.05, 0.1) is 0 Å². The highest BCUT2D eigenvalue weighted by Gasteiger charge is 2.15. The first-order chi connectivity index (χ1) is 7.15. The number of alkyl halides is 2. The van der Waals surface area contributed by atoms with Crippen molar-refractivity contribution in [1.29, 1.82) is 0 Å². The van der Waals surface area contributed by atoms with Gasteiger partial charge in [-0.25, -0.2) is 0 Å². The van der Waals surface area contributed by atoms with Gasteiger partial charge < -0.3 is 10.1 Å². The zero-order valence-corrected chi connectivity index (χ0v) is 7.80. The molecule has 1 aliphatic rings. The fraction of sp³-hybridized carbons (Fsp3) is 0.300. The highest BCUT2D eigenvalue weighted by molar-refractivity contribution is 5.94. The van der Waals surface area contributed by atoms with Crippen LogP contribution in [0.2, 0.25) is 0 Å². The number of hydrogen-bond acceptors (Lipinski definition) is 2. The van der Waals surface area contributed by atoms with E-state index >= 15 is 0 Å². The van der Waals surface area contributed by atoms with E-state index < -0.39 is 6.61 Å². The quantitative estimate of drug-likeness (QED) is 0.817. The van der Waals surface area contributed by atoms with Crippen molar-refractivity contribution in [2.24, 2.45) is 0 Å². The maximum atomic E-state index is 11.9. The maximum absolute atomic E-state index is 11.9. The molecule has 80 valence electrons. The second-order valence-electron chi connectivity index (χ2n) is 3.25. The Morgan fingerprint density at radius 1 is 1.33 bits per heavy atom. The molecule has 0 saturated heterocycles. The molecule has 15 heavy (non-hydrogen) atoms. The number of amides is 1. The zero-order chi connectivity index (χ0) is 10.8. The summed E-state index contributed by atoms with van der Waals surface area (Å²) >= 11 is 0.